The van der Waals surface area contributed by atoms with Crippen LogP contribution in [0.1, 0.15) is 335 Å². The summed E-state index contributed by atoms with van der Waals surface area (Å²) in [5.74, 6) is -0.191. The van der Waals surface area contributed by atoms with Crippen molar-refractivity contribution in [1.29, 1.82) is 0 Å². The molecule has 0 aliphatic heterocycles. The van der Waals surface area contributed by atoms with E-state index in [-0.39, 0.29) is 19.1 Å². The molecule has 72 heavy (non-hydrogen) atoms. The van der Waals surface area contributed by atoms with Crippen molar-refractivity contribution in [2.45, 2.75) is 347 Å². The second-order valence-electron chi connectivity index (χ2n) is 23.5. The number of nitrogens with zero attached hydrogens (tertiary/aromatic N) is 1. The van der Waals surface area contributed by atoms with Gasteiger partial charge in [0, 0.05) is 6.42 Å². The maximum atomic E-state index is 12.9. The lowest BCUT2D eigenvalue weighted by molar-refractivity contribution is -0.870. The molecule has 0 aromatic rings. The number of aliphatic hydroxyl groups is 1. The number of unbranched alkanes of at least 4 members (excludes halogenated alkanes) is 47. The second kappa shape index (κ2) is 55.0. The van der Waals surface area contributed by atoms with E-state index < -0.39 is 20.0 Å². The number of carbonyl (C=O) groups excluding carboxylic acids is 1. The number of aliphatic hydroxyl groups excluding tert-OH is 1. The molecular weight excluding hydrogens is 912 g/mol. The topological polar surface area (TPSA) is 108 Å². The Kier molecular flexibility index (Phi) is 54.4. The number of rotatable bonds is 60. The Balaban J connectivity index is 3.82. The van der Waals surface area contributed by atoms with Crippen LogP contribution in [0.2, 0.25) is 0 Å². The zero-order valence-corrected chi connectivity index (χ0v) is 50.1. The largest absolute Gasteiger partial charge is 0.756 e. The minimum Gasteiger partial charge on any atom is -0.756 e. The standard InChI is InChI=1S/C63H127N2O6P/c1-6-8-10-12-14-16-18-20-21-22-23-24-25-26-27-28-29-30-31-32-33-34-35-36-37-38-39-40-41-42-43-44-45-47-49-51-53-55-57-63(67)64-61(60-71-72(68,69)70-59-58-65(3,4)5)62(66)56-54-52-50-48-46-19-17-15-13-11-9-7-2/h54,56,61-62,66H,6-53,55,57-60H2,1-5H3,(H-,64,67,68,69)/b56-54+. The number of hydrogen-bond donors (Lipinski definition) is 2. The SMILES string of the molecule is CCCCCCCCCCCC/C=C/C(O)C(COP(=O)([O-])OCC[N+](C)(C)C)NC(=O)CCCCCCCCCCCCCCCCCCCCCCCCCCCCCCCCCCCCCCCC. The van der Waals surface area contributed by atoms with Gasteiger partial charge in [0.15, 0.2) is 0 Å². The Bertz CT molecular complexity index is 1180. The third-order valence-electron chi connectivity index (χ3n) is 15.0. The third kappa shape index (κ3) is 57.0. The van der Waals surface area contributed by atoms with Crippen molar-refractivity contribution in [3.05, 3.63) is 12.2 Å². The number of nitrogens with one attached hydrogen (secondary N) is 1. The number of hydrogen-bond acceptors (Lipinski definition) is 6. The molecule has 9 heteroatoms. The molecule has 0 bridgehead atoms. The Hall–Kier alpha value is -0.760. The molecule has 0 aliphatic rings. The highest BCUT2D eigenvalue weighted by Gasteiger charge is 2.23. The highest BCUT2D eigenvalue weighted by molar-refractivity contribution is 7.45. The van der Waals surface area contributed by atoms with Crippen molar-refractivity contribution in [3.63, 3.8) is 0 Å². The lowest BCUT2D eigenvalue weighted by Gasteiger charge is -2.29. The summed E-state index contributed by atoms with van der Waals surface area (Å²) < 4.78 is 23.3. The van der Waals surface area contributed by atoms with Crippen LogP contribution in [-0.4, -0.2) is 68.5 Å². The fourth-order valence-corrected chi connectivity index (χ4v) is 10.7. The van der Waals surface area contributed by atoms with E-state index in [1.807, 2.05) is 27.2 Å². The first-order valence-electron chi connectivity index (χ1n) is 32.1. The van der Waals surface area contributed by atoms with Gasteiger partial charge in [0.05, 0.1) is 39.9 Å². The first kappa shape index (κ1) is 71.2. The monoisotopic (exact) mass is 1040 g/mol. The predicted octanol–water partition coefficient (Wildman–Crippen LogP) is 19.1. The van der Waals surface area contributed by atoms with E-state index in [1.165, 1.54) is 276 Å². The van der Waals surface area contributed by atoms with Gasteiger partial charge in [0.2, 0.25) is 5.91 Å². The average Bonchev–Trinajstić information content (AvgIpc) is 3.34. The molecule has 2 N–H and O–H groups in total. The first-order valence-corrected chi connectivity index (χ1v) is 33.5. The molecule has 430 valence electrons. The van der Waals surface area contributed by atoms with Crippen LogP contribution in [0.5, 0.6) is 0 Å². The molecule has 3 atom stereocenters. The molecule has 0 spiro atoms. The van der Waals surface area contributed by atoms with Crippen LogP contribution in [0, 0.1) is 0 Å². The van der Waals surface area contributed by atoms with E-state index in [0.29, 0.717) is 17.4 Å². The smallest absolute Gasteiger partial charge is 0.268 e. The Morgan fingerprint density at radius 3 is 1.04 bits per heavy atom. The van der Waals surface area contributed by atoms with Crippen molar-refractivity contribution in [2.24, 2.45) is 0 Å². The number of amides is 1. The molecule has 1 amide bonds. The molecule has 0 saturated heterocycles. The Morgan fingerprint density at radius 1 is 0.472 bits per heavy atom. The van der Waals surface area contributed by atoms with E-state index in [4.69, 9.17) is 9.05 Å². The van der Waals surface area contributed by atoms with E-state index >= 15 is 0 Å². The zero-order valence-electron chi connectivity index (χ0n) is 49.2. The summed E-state index contributed by atoms with van der Waals surface area (Å²) in [6.07, 6.45) is 69.1. The van der Waals surface area contributed by atoms with E-state index in [0.717, 1.165) is 38.5 Å². The van der Waals surface area contributed by atoms with Crippen molar-refractivity contribution < 1.29 is 32.9 Å². The first-order chi connectivity index (χ1) is 35.0. The number of allylic oxidation sites excluding steroid dienone is 1. The van der Waals surface area contributed by atoms with Crippen molar-refractivity contribution in [3.8, 4) is 0 Å². The fourth-order valence-electron chi connectivity index (χ4n) is 9.98. The predicted molar refractivity (Wildman–Crippen MR) is 312 cm³/mol. The third-order valence-corrected chi connectivity index (χ3v) is 16.0. The van der Waals surface area contributed by atoms with E-state index in [1.54, 1.807) is 6.08 Å². The maximum absolute atomic E-state index is 12.9. The van der Waals surface area contributed by atoms with Crippen LogP contribution in [-0.2, 0) is 18.4 Å². The number of phosphoric ester groups is 1. The molecule has 0 rings (SSSR count). The number of likely N-dealkylation sites (N-methyl/N-ethyl adjacent to an activating group) is 1. The van der Waals surface area contributed by atoms with Crippen molar-refractivity contribution in [1.82, 2.24) is 5.32 Å². The fraction of sp³-hybridized carbons (Fsp3) is 0.952. The van der Waals surface area contributed by atoms with Gasteiger partial charge in [0.25, 0.3) is 7.82 Å². The summed E-state index contributed by atoms with van der Waals surface area (Å²) in [6.45, 7) is 4.68. The van der Waals surface area contributed by atoms with Crippen LogP contribution in [0.4, 0.5) is 0 Å². The van der Waals surface area contributed by atoms with Gasteiger partial charge in [-0.2, -0.15) is 0 Å². The summed E-state index contributed by atoms with van der Waals surface area (Å²) in [4.78, 5) is 25.4. The highest BCUT2D eigenvalue weighted by atomic mass is 31.2. The summed E-state index contributed by atoms with van der Waals surface area (Å²) in [5.41, 5.74) is 0. The summed E-state index contributed by atoms with van der Waals surface area (Å²) in [7, 11) is 1.28. The van der Waals surface area contributed by atoms with Gasteiger partial charge < -0.3 is 28.8 Å². The van der Waals surface area contributed by atoms with Crippen molar-refractivity contribution >= 4 is 13.7 Å². The van der Waals surface area contributed by atoms with Crippen molar-refractivity contribution in [2.75, 3.05) is 40.9 Å². The molecule has 3 unspecified atom stereocenters. The molecule has 0 aromatic carbocycles. The minimum absolute atomic E-state index is 0.00238. The molecular formula is C63H127N2O6P. The normalized spacial score (nSPS) is 13.8. The lowest BCUT2D eigenvalue weighted by atomic mass is 10.0. The van der Waals surface area contributed by atoms with Crippen LogP contribution in [0.3, 0.4) is 0 Å². The summed E-state index contributed by atoms with van der Waals surface area (Å²) in [6, 6.07) is -0.881. The number of carbonyl (C=O) groups is 1. The molecule has 0 heterocycles. The van der Waals surface area contributed by atoms with E-state index in [9.17, 15) is 19.4 Å². The van der Waals surface area contributed by atoms with Gasteiger partial charge in [0.1, 0.15) is 13.2 Å². The van der Waals surface area contributed by atoms with Gasteiger partial charge in [-0.3, -0.25) is 9.36 Å². The van der Waals surface area contributed by atoms with Crippen LogP contribution in [0.15, 0.2) is 12.2 Å². The van der Waals surface area contributed by atoms with Gasteiger partial charge in [-0.05, 0) is 19.3 Å². The molecule has 0 fully saturated rings. The quantitative estimate of drug-likeness (QED) is 0.0272. The highest BCUT2D eigenvalue weighted by Crippen LogP contribution is 2.38. The van der Waals surface area contributed by atoms with E-state index in [2.05, 4.69) is 19.2 Å². The molecule has 0 saturated carbocycles. The molecule has 8 nitrogen and oxygen atoms in total. The van der Waals surface area contributed by atoms with Gasteiger partial charge >= 0.3 is 0 Å². The zero-order chi connectivity index (χ0) is 52.7. The van der Waals surface area contributed by atoms with Gasteiger partial charge in [-0.25, -0.2) is 0 Å². The Labute approximate surface area is 450 Å². The van der Waals surface area contributed by atoms with Crippen LogP contribution in [0.25, 0.3) is 0 Å². The molecule has 0 radical (unpaired) electrons. The minimum atomic E-state index is -4.59. The maximum Gasteiger partial charge on any atom is 0.268 e. The second-order valence-corrected chi connectivity index (χ2v) is 24.9. The van der Waals surface area contributed by atoms with Crippen LogP contribution >= 0.6 is 7.82 Å². The van der Waals surface area contributed by atoms with Gasteiger partial charge in [-0.1, -0.05) is 321 Å². The molecule has 0 aromatic heterocycles. The van der Waals surface area contributed by atoms with Gasteiger partial charge in [-0.15, -0.1) is 0 Å². The summed E-state index contributed by atoms with van der Waals surface area (Å²) in [5, 5.41) is 13.8. The number of phosphoric acid groups is 1. The average molecular weight is 1040 g/mol. The Morgan fingerprint density at radius 2 is 0.750 bits per heavy atom. The lowest BCUT2D eigenvalue weighted by Crippen LogP contribution is -2.45. The summed E-state index contributed by atoms with van der Waals surface area (Å²) >= 11 is 0. The number of quaternary nitrogens is 1. The van der Waals surface area contributed by atoms with Crippen LogP contribution < -0.4 is 10.2 Å². The molecule has 0 aliphatic carbocycles.